The van der Waals surface area contributed by atoms with Crippen molar-refractivity contribution in [3.63, 3.8) is 0 Å². The smallest absolute Gasteiger partial charge is 0.321 e. The molecule has 5 heteroatoms. The van der Waals surface area contributed by atoms with Gasteiger partial charge in [0.05, 0.1) is 6.04 Å². The van der Waals surface area contributed by atoms with Crippen LogP contribution in [0.4, 0.5) is 10.5 Å². The third-order valence-corrected chi connectivity index (χ3v) is 3.86. The van der Waals surface area contributed by atoms with Crippen LogP contribution in [-0.4, -0.2) is 44.2 Å². The Bertz CT molecular complexity index is 464. The van der Waals surface area contributed by atoms with Gasteiger partial charge in [-0.1, -0.05) is 15.9 Å². The third-order valence-electron chi connectivity index (χ3n) is 3.36. The molecule has 1 saturated heterocycles. The van der Waals surface area contributed by atoms with Crippen molar-refractivity contribution in [1.82, 2.24) is 10.2 Å². The van der Waals surface area contributed by atoms with Crippen LogP contribution in [0.2, 0.25) is 0 Å². The number of nitrogens with one attached hydrogen (secondary N) is 1. The zero-order chi connectivity index (χ0) is 13.3. The first-order valence-corrected chi connectivity index (χ1v) is 6.79. The molecule has 2 amide bonds. The van der Waals surface area contributed by atoms with Gasteiger partial charge >= 0.3 is 6.03 Å². The first-order chi connectivity index (χ1) is 8.54. The normalized spacial score (nSPS) is 19.8. The molecule has 1 atom stereocenters. The van der Waals surface area contributed by atoms with Gasteiger partial charge in [-0.15, -0.1) is 0 Å². The van der Waals surface area contributed by atoms with Gasteiger partial charge in [0.2, 0.25) is 0 Å². The molecule has 2 rings (SSSR count). The second kappa shape index (κ2) is 5.28. The van der Waals surface area contributed by atoms with Crippen LogP contribution in [0.5, 0.6) is 0 Å². The van der Waals surface area contributed by atoms with E-state index in [1.165, 1.54) is 0 Å². The summed E-state index contributed by atoms with van der Waals surface area (Å²) in [5.74, 6) is 0. The van der Waals surface area contributed by atoms with E-state index in [1.54, 1.807) is 4.90 Å². The molecule has 1 aliphatic rings. The molecule has 4 nitrogen and oxygen atoms in total. The number of rotatable bonds is 3. The van der Waals surface area contributed by atoms with Gasteiger partial charge in [-0.25, -0.2) is 4.79 Å². The number of halogens is 1. The van der Waals surface area contributed by atoms with E-state index in [0.717, 1.165) is 28.8 Å². The summed E-state index contributed by atoms with van der Waals surface area (Å²) in [6.07, 6.45) is 0. The minimum atomic E-state index is 0.0701. The number of benzene rings is 1. The monoisotopic (exact) mass is 311 g/mol. The maximum absolute atomic E-state index is 12.2. The molecule has 1 aromatic carbocycles. The fraction of sp³-hybridized carbons (Fsp3) is 0.462. The van der Waals surface area contributed by atoms with Crippen molar-refractivity contribution < 1.29 is 4.79 Å². The molecule has 1 heterocycles. The van der Waals surface area contributed by atoms with Crippen LogP contribution >= 0.6 is 15.9 Å². The maximum atomic E-state index is 12.2. The van der Waals surface area contributed by atoms with Crippen molar-refractivity contribution in [3.05, 3.63) is 28.2 Å². The summed E-state index contributed by atoms with van der Waals surface area (Å²) in [7, 11) is 3.77. The van der Waals surface area contributed by atoms with Crippen LogP contribution in [-0.2, 0) is 0 Å². The number of nitrogens with zero attached hydrogens (tertiary/aromatic N) is 2. The van der Waals surface area contributed by atoms with Crippen LogP contribution in [0.1, 0.15) is 5.56 Å². The molecular formula is C13H18BrN3O. The van der Waals surface area contributed by atoms with E-state index in [0.29, 0.717) is 0 Å². The summed E-state index contributed by atoms with van der Waals surface area (Å²) >= 11 is 3.44. The number of carbonyl (C=O) groups is 1. The Hall–Kier alpha value is -1.07. The molecule has 0 saturated carbocycles. The summed E-state index contributed by atoms with van der Waals surface area (Å²) in [6.45, 7) is 3.58. The molecule has 98 valence electrons. The summed E-state index contributed by atoms with van der Waals surface area (Å²) in [4.78, 5) is 15.9. The van der Waals surface area contributed by atoms with Crippen LogP contribution in [0.3, 0.4) is 0 Å². The van der Waals surface area contributed by atoms with Gasteiger partial charge in [-0.2, -0.15) is 0 Å². The zero-order valence-electron chi connectivity index (χ0n) is 10.9. The molecule has 1 unspecified atom stereocenters. The molecule has 0 aliphatic carbocycles. The first kappa shape index (κ1) is 13.4. The molecule has 0 spiro atoms. The van der Waals surface area contributed by atoms with Crippen LogP contribution < -0.4 is 10.2 Å². The molecule has 0 radical (unpaired) electrons. The Morgan fingerprint density at radius 3 is 2.83 bits per heavy atom. The predicted molar refractivity (Wildman–Crippen MR) is 77.1 cm³/mol. The van der Waals surface area contributed by atoms with Gasteiger partial charge < -0.3 is 10.2 Å². The van der Waals surface area contributed by atoms with Crippen LogP contribution in [0, 0.1) is 6.92 Å². The lowest BCUT2D eigenvalue weighted by Gasteiger charge is -2.18. The van der Waals surface area contributed by atoms with E-state index in [-0.39, 0.29) is 12.1 Å². The fourth-order valence-corrected chi connectivity index (χ4v) is 2.79. The molecule has 1 aromatic rings. The number of amides is 2. The average molecular weight is 312 g/mol. The predicted octanol–water partition coefficient (Wildman–Crippen LogP) is 2.22. The Kier molecular flexibility index (Phi) is 3.92. The van der Waals surface area contributed by atoms with E-state index >= 15 is 0 Å². The molecule has 1 aliphatic heterocycles. The minimum absolute atomic E-state index is 0.0701. The molecule has 1 N–H and O–H groups in total. The second-order valence-corrected chi connectivity index (χ2v) is 5.56. The third kappa shape index (κ3) is 2.37. The number of aryl methyl sites for hydroxylation is 1. The first-order valence-electron chi connectivity index (χ1n) is 5.99. The molecule has 0 bridgehead atoms. The van der Waals surface area contributed by atoms with Crippen molar-refractivity contribution in [2.75, 3.05) is 32.1 Å². The largest absolute Gasteiger partial charge is 0.324 e. The average Bonchev–Trinajstić information content (AvgIpc) is 2.58. The van der Waals surface area contributed by atoms with E-state index in [4.69, 9.17) is 0 Å². The highest BCUT2D eigenvalue weighted by atomic mass is 79.9. The van der Waals surface area contributed by atoms with E-state index in [1.807, 2.05) is 44.1 Å². The molecule has 1 fully saturated rings. The maximum Gasteiger partial charge on any atom is 0.324 e. The summed E-state index contributed by atoms with van der Waals surface area (Å²) < 4.78 is 1.04. The van der Waals surface area contributed by atoms with Gasteiger partial charge in [-0.3, -0.25) is 4.90 Å². The van der Waals surface area contributed by atoms with Gasteiger partial charge in [0.1, 0.15) is 0 Å². The number of hydrogen-bond donors (Lipinski definition) is 1. The molecule has 18 heavy (non-hydrogen) atoms. The standard InChI is InChI=1S/C13H18BrN3O/c1-9-6-10(14)4-5-12(9)17-8-11(7-15-2)16(3)13(17)18/h4-6,11,15H,7-8H2,1-3H3. The summed E-state index contributed by atoms with van der Waals surface area (Å²) in [5.41, 5.74) is 2.10. The zero-order valence-corrected chi connectivity index (χ0v) is 12.5. The van der Waals surface area contributed by atoms with Crippen LogP contribution in [0.25, 0.3) is 0 Å². The van der Waals surface area contributed by atoms with E-state index in [2.05, 4.69) is 21.2 Å². The lowest BCUT2D eigenvalue weighted by atomic mass is 10.2. The lowest BCUT2D eigenvalue weighted by molar-refractivity contribution is 0.218. The highest BCUT2D eigenvalue weighted by Crippen LogP contribution is 2.28. The highest BCUT2D eigenvalue weighted by molar-refractivity contribution is 9.10. The number of urea groups is 1. The van der Waals surface area contributed by atoms with E-state index in [9.17, 15) is 4.79 Å². The van der Waals surface area contributed by atoms with Crippen molar-refractivity contribution >= 4 is 27.6 Å². The Balaban J connectivity index is 2.26. The van der Waals surface area contributed by atoms with Crippen molar-refractivity contribution in [2.24, 2.45) is 0 Å². The summed E-state index contributed by atoms with van der Waals surface area (Å²) in [6, 6.07) is 6.30. The lowest BCUT2D eigenvalue weighted by Crippen LogP contribution is -2.37. The summed E-state index contributed by atoms with van der Waals surface area (Å²) in [5, 5.41) is 3.13. The topological polar surface area (TPSA) is 35.6 Å². The van der Waals surface area contributed by atoms with Crippen LogP contribution in [0.15, 0.2) is 22.7 Å². The fourth-order valence-electron chi connectivity index (χ4n) is 2.32. The van der Waals surface area contributed by atoms with E-state index < -0.39 is 0 Å². The number of likely N-dealkylation sites (N-methyl/N-ethyl adjacent to an activating group) is 2. The minimum Gasteiger partial charge on any atom is -0.321 e. The number of anilines is 1. The SMILES string of the molecule is CNCC1CN(c2ccc(Br)cc2C)C(=O)N1C. The highest BCUT2D eigenvalue weighted by Gasteiger charge is 2.35. The Labute approximate surface area is 116 Å². The van der Waals surface area contributed by atoms with Gasteiger partial charge in [0, 0.05) is 30.3 Å². The van der Waals surface area contributed by atoms with Gasteiger partial charge in [0.25, 0.3) is 0 Å². The van der Waals surface area contributed by atoms with Gasteiger partial charge in [-0.05, 0) is 37.7 Å². The van der Waals surface area contributed by atoms with Crippen molar-refractivity contribution in [3.8, 4) is 0 Å². The Morgan fingerprint density at radius 1 is 1.50 bits per heavy atom. The van der Waals surface area contributed by atoms with Gasteiger partial charge in [0.15, 0.2) is 0 Å². The molecule has 0 aromatic heterocycles. The molecular weight excluding hydrogens is 294 g/mol. The second-order valence-electron chi connectivity index (χ2n) is 4.65. The van der Waals surface area contributed by atoms with Crippen molar-refractivity contribution in [1.29, 1.82) is 0 Å². The van der Waals surface area contributed by atoms with Crippen molar-refractivity contribution in [2.45, 2.75) is 13.0 Å². The quantitative estimate of drug-likeness (QED) is 0.929. The Morgan fingerprint density at radius 2 is 2.22 bits per heavy atom. The number of carbonyl (C=O) groups excluding carboxylic acids is 1. The number of hydrogen-bond acceptors (Lipinski definition) is 2.